The predicted molar refractivity (Wildman–Crippen MR) is 58.9 cm³/mol. The third-order valence-electron chi connectivity index (χ3n) is 2.41. The highest BCUT2D eigenvalue weighted by molar-refractivity contribution is 5.88. The van der Waals surface area contributed by atoms with Gasteiger partial charge in [-0.05, 0) is 13.3 Å². The minimum atomic E-state index is -1.27. The molecule has 0 fully saturated rings. The van der Waals surface area contributed by atoms with E-state index in [-0.39, 0.29) is 6.54 Å². The van der Waals surface area contributed by atoms with E-state index in [1.165, 1.54) is 14.0 Å². The first-order valence-electron chi connectivity index (χ1n) is 5.19. The summed E-state index contributed by atoms with van der Waals surface area (Å²) in [5.41, 5.74) is 4.05. The lowest BCUT2D eigenvalue weighted by Crippen LogP contribution is -2.56. The summed E-state index contributed by atoms with van der Waals surface area (Å²) in [6.07, 6.45) is 0.203. The SMILES string of the molecule is CCCC(C)(NC(=O)C(CN)OC)C(=O)O. The van der Waals surface area contributed by atoms with Gasteiger partial charge < -0.3 is 20.9 Å². The van der Waals surface area contributed by atoms with Gasteiger partial charge in [0.2, 0.25) is 0 Å². The second-order valence-electron chi connectivity index (χ2n) is 3.84. The molecule has 0 aromatic rings. The van der Waals surface area contributed by atoms with Crippen LogP contribution < -0.4 is 11.1 Å². The van der Waals surface area contributed by atoms with Crippen molar-refractivity contribution in [2.45, 2.75) is 38.3 Å². The molecule has 2 atom stereocenters. The van der Waals surface area contributed by atoms with Gasteiger partial charge in [-0.2, -0.15) is 0 Å². The van der Waals surface area contributed by atoms with Crippen LogP contribution in [-0.4, -0.2) is 42.3 Å². The van der Waals surface area contributed by atoms with E-state index in [9.17, 15) is 9.59 Å². The molecule has 6 nitrogen and oxygen atoms in total. The molecule has 0 radical (unpaired) electrons. The molecular weight excluding hydrogens is 212 g/mol. The van der Waals surface area contributed by atoms with Crippen LogP contribution in [0.1, 0.15) is 26.7 Å². The number of hydrogen-bond acceptors (Lipinski definition) is 4. The third kappa shape index (κ3) is 3.79. The van der Waals surface area contributed by atoms with Crippen LogP contribution in [0.25, 0.3) is 0 Å². The Labute approximate surface area is 95.1 Å². The van der Waals surface area contributed by atoms with Gasteiger partial charge in [0.05, 0.1) is 0 Å². The number of rotatable bonds is 7. The second kappa shape index (κ2) is 6.44. The van der Waals surface area contributed by atoms with Crippen LogP contribution in [0.2, 0.25) is 0 Å². The smallest absolute Gasteiger partial charge is 0.329 e. The first-order valence-corrected chi connectivity index (χ1v) is 5.19. The predicted octanol–water partition coefficient (Wildman–Crippen LogP) is -0.280. The fourth-order valence-electron chi connectivity index (χ4n) is 1.39. The maximum atomic E-state index is 11.6. The number of carbonyl (C=O) groups excluding carboxylic acids is 1. The molecular formula is C10H20N2O4. The molecule has 0 saturated heterocycles. The molecule has 0 aliphatic heterocycles. The van der Waals surface area contributed by atoms with Gasteiger partial charge in [-0.15, -0.1) is 0 Å². The maximum Gasteiger partial charge on any atom is 0.329 e. The summed E-state index contributed by atoms with van der Waals surface area (Å²) in [4.78, 5) is 22.7. The van der Waals surface area contributed by atoms with Crippen molar-refractivity contribution in [1.29, 1.82) is 0 Å². The maximum absolute atomic E-state index is 11.6. The monoisotopic (exact) mass is 232 g/mol. The lowest BCUT2D eigenvalue weighted by Gasteiger charge is -2.27. The van der Waals surface area contributed by atoms with Crippen molar-refractivity contribution >= 4 is 11.9 Å². The Morgan fingerprint density at radius 1 is 1.56 bits per heavy atom. The van der Waals surface area contributed by atoms with Crippen molar-refractivity contribution in [2.24, 2.45) is 5.73 Å². The summed E-state index contributed by atoms with van der Waals surface area (Å²) in [7, 11) is 1.36. The fourth-order valence-corrected chi connectivity index (χ4v) is 1.39. The van der Waals surface area contributed by atoms with E-state index in [2.05, 4.69) is 5.32 Å². The number of ether oxygens (including phenoxy) is 1. The quantitative estimate of drug-likeness (QED) is 0.560. The van der Waals surface area contributed by atoms with Crippen molar-refractivity contribution in [1.82, 2.24) is 5.32 Å². The average Bonchev–Trinajstić information content (AvgIpc) is 2.19. The summed E-state index contributed by atoms with van der Waals surface area (Å²) >= 11 is 0. The summed E-state index contributed by atoms with van der Waals surface area (Å²) in [5, 5.41) is 11.5. The largest absolute Gasteiger partial charge is 0.480 e. The van der Waals surface area contributed by atoms with E-state index in [0.717, 1.165) is 0 Å². The number of methoxy groups -OCH3 is 1. The molecule has 0 aromatic carbocycles. The number of carbonyl (C=O) groups is 2. The average molecular weight is 232 g/mol. The lowest BCUT2D eigenvalue weighted by molar-refractivity contribution is -0.149. The number of aliphatic carboxylic acids is 1. The molecule has 94 valence electrons. The van der Waals surface area contributed by atoms with Gasteiger partial charge >= 0.3 is 5.97 Å². The zero-order chi connectivity index (χ0) is 12.8. The minimum absolute atomic E-state index is 0.0180. The van der Waals surface area contributed by atoms with Gasteiger partial charge in [0.25, 0.3) is 5.91 Å². The van der Waals surface area contributed by atoms with Gasteiger partial charge in [0, 0.05) is 13.7 Å². The van der Waals surface area contributed by atoms with E-state index in [1.54, 1.807) is 0 Å². The molecule has 2 unspecified atom stereocenters. The molecule has 0 spiro atoms. The van der Waals surface area contributed by atoms with Gasteiger partial charge in [-0.1, -0.05) is 13.3 Å². The topological polar surface area (TPSA) is 102 Å². The molecule has 16 heavy (non-hydrogen) atoms. The van der Waals surface area contributed by atoms with Crippen LogP contribution in [0.15, 0.2) is 0 Å². The molecule has 0 bridgehead atoms. The van der Waals surface area contributed by atoms with E-state index in [1.807, 2.05) is 6.92 Å². The highest BCUT2D eigenvalue weighted by Crippen LogP contribution is 2.13. The molecule has 0 aliphatic rings. The first-order chi connectivity index (χ1) is 7.41. The fraction of sp³-hybridized carbons (Fsp3) is 0.800. The molecule has 4 N–H and O–H groups in total. The van der Waals surface area contributed by atoms with Gasteiger partial charge in [0.1, 0.15) is 11.6 Å². The van der Waals surface area contributed by atoms with Crippen molar-refractivity contribution < 1.29 is 19.4 Å². The number of amides is 1. The molecule has 0 aliphatic carbocycles. The van der Waals surface area contributed by atoms with Crippen molar-refractivity contribution in [3.05, 3.63) is 0 Å². The summed E-state index contributed by atoms with van der Waals surface area (Å²) in [5.74, 6) is -1.56. The van der Waals surface area contributed by atoms with Crippen LogP contribution in [0.3, 0.4) is 0 Å². The zero-order valence-corrected chi connectivity index (χ0v) is 9.95. The Morgan fingerprint density at radius 2 is 2.12 bits per heavy atom. The third-order valence-corrected chi connectivity index (χ3v) is 2.41. The van der Waals surface area contributed by atoms with Gasteiger partial charge in [-0.3, -0.25) is 4.79 Å². The van der Waals surface area contributed by atoms with Crippen molar-refractivity contribution in [3.63, 3.8) is 0 Å². The van der Waals surface area contributed by atoms with Crippen LogP contribution in [0, 0.1) is 0 Å². The zero-order valence-electron chi connectivity index (χ0n) is 9.95. The normalized spacial score (nSPS) is 16.2. The number of hydrogen-bond donors (Lipinski definition) is 3. The first kappa shape index (κ1) is 14.9. The van der Waals surface area contributed by atoms with Crippen LogP contribution >= 0.6 is 0 Å². The van der Waals surface area contributed by atoms with Crippen molar-refractivity contribution in [3.8, 4) is 0 Å². The molecule has 6 heteroatoms. The van der Waals surface area contributed by atoms with E-state index >= 15 is 0 Å². The molecule has 0 saturated carbocycles. The highest BCUT2D eigenvalue weighted by Gasteiger charge is 2.35. The Balaban J connectivity index is 4.63. The summed E-state index contributed by atoms with van der Waals surface area (Å²) in [6, 6.07) is 0. The van der Waals surface area contributed by atoms with Crippen LogP contribution in [-0.2, 0) is 14.3 Å². The number of carboxylic acid groups (broad SMARTS) is 1. The van der Waals surface area contributed by atoms with Gasteiger partial charge in [-0.25, -0.2) is 4.79 Å². The van der Waals surface area contributed by atoms with Crippen LogP contribution in [0.4, 0.5) is 0 Å². The molecule has 0 aromatic heterocycles. The van der Waals surface area contributed by atoms with E-state index in [0.29, 0.717) is 12.8 Å². The summed E-state index contributed by atoms with van der Waals surface area (Å²) in [6.45, 7) is 3.34. The van der Waals surface area contributed by atoms with E-state index < -0.39 is 23.5 Å². The Bertz CT molecular complexity index is 253. The Morgan fingerprint density at radius 3 is 2.44 bits per heavy atom. The number of carboxylic acids is 1. The minimum Gasteiger partial charge on any atom is -0.480 e. The number of nitrogens with two attached hydrogens (primary N) is 1. The second-order valence-corrected chi connectivity index (χ2v) is 3.84. The molecule has 0 rings (SSSR count). The molecule has 0 heterocycles. The number of nitrogens with one attached hydrogen (secondary N) is 1. The highest BCUT2D eigenvalue weighted by atomic mass is 16.5. The Kier molecular flexibility index (Phi) is 5.98. The Hall–Kier alpha value is -1.14. The van der Waals surface area contributed by atoms with Crippen LogP contribution in [0.5, 0.6) is 0 Å². The standard InChI is InChI=1S/C10H20N2O4/c1-4-5-10(2,9(14)15)12-8(13)7(6-11)16-3/h7H,4-6,11H2,1-3H3,(H,12,13)(H,14,15). The lowest BCUT2D eigenvalue weighted by atomic mass is 9.96. The van der Waals surface area contributed by atoms with Gasteiger partial charge in [0.15, 0.2) is 0 Å². The molecule has 1 amide bonds. The van der Waals surface area contributed by atoms with Crippen molar-refractivity contribution in [2.75, 3.05) is 13.7 Å². The summed E-state index contributed by atoms with van der Waals surface area (Å²) < 4.78 is 4.84. The van der Waals surface area contributed by atoms with E-state index in [4.69, 9.17) is 15.6 Å².